The van der Waals surface area contributed by atoms with Gasteiger partial charge in [0.15, 0.2) is 0 Å². The fourth-order valence-electron chi connectivity index (χ4n) is 1.59. The Balaban J connectivity index is 2.22. The van der Waals surface area contributed by atoms with Crippen molar-refractivity contribution >= 4 is 52.5 Å². The van der Waals surface area contributed by atoms with Crippen LogP contribution < -0.4 is 0 Å². The van der Waals surface area contributed by atoms with Crippen LogP contribution in [-0.4, -0.2) is 39.0 Å². The highest BCUT2D eigenvalue weighted by atomic mass is 32.2. The van der Waals surface area contributed by atoms with Crippen molar-refractivity contribution in [2.45, 2.75) is 0 Å². The van der Waals surface area contributed by atoms with E-state index in [1.807, 2.05) is 0 Å². The zero-order valence-electron chi connectivity index (χ0n) is 10.1. The van der Waals surface area contributed by atoms with E-state index >= 15 is 0 Å². The van der Waals surface area contributed by atoms with E-state index in [-0.39, 0.29) is 4.32 Å². The van der Waals surface area contributed by atoms with Crippen LogP contribution >= 0.6 is 24.0 Å². The number of benzene rings is 1. The number of thiocarbonyl (C=S) groups is 1. The molecule has 1 heterocycles. The minimum absolute atomic E-state index is 0.230. The third kappa shape index (κ3) is 3.12. The number of aliphatic carboxylic acids is 1. The molecule has 0 aliphatic carbocycles. The lowest BCUT2D eigenvalue weighted by molar-refractivity contribution is -0.140. The van der Waals surface area contributed by atoms with Crippen molar-refractivity contribution in [1.29, 1.82) is 0 Å². The molecule has 1 amide bonds. The van der Waals surface area contributed by atoms with Crippen LogP contribution in [0.5, 0.6) is 0 Å². The fourth-order valence-corrected chi connectivity index (χ4v) is 2.85. The molecule has 0 radical (unpaired) electrons. The van der Waals surface area contributed by atoms with Gasteiger partial charge >= 0.3 is 5.97 Å². The number of carboxylic acids is 1. The Morgan fingerprint density at radius 2 is 1.90 bits per heavy atom. The minimum atomic E-state index is -1.11. The van der Waals surface area contributed by atoms with E-state index in [1.165, 1.54) is 0 Å². The van der Waals surface area contributed by atoms with Crippen LogP contribution in [-0.2, 0) is 9.59 Å². The number of thioether (sulfide) groups is 1. The van der Waals surface area contributed by atoms with Gasteiger partial charge in [0.1, 0.15) is 17.2 Å². The van der Waals surface area contributed by atoms with Crippen LogP contribution in [0.15, 0.2) is 29.2 Å². The Kier molecular flexibility index (Phi) is 4.31. The van der Waals surface area contributed by atoms with Crippen LogP contribution in [0.4, 0.5) is 0 Å². The summed E-state index contributed by atoms with van der Waals surface area (Å²) in [5.74, 6) is -1.53. The van der Waals surface area contributed by atoms with E-state index < -0.39 is 18.4 Å². The van der Waals surface area contributed by atoms with Gasteiger partial charge in [-0.2, -0.15) is 0 Å². The summed E-state index contributed by atoms with van der Waals surface area (Å²) in [7, 11) is 0. The Bertz CT molecular complexity index is 622. The van der Waals surface area contributed by atoms with Crippen LogP contribution in [0.3, 0.4) is 0 Å². The van der Waals surface area contributed by atoms with E-state index in [1.54, 1.807) is 30.3 Å². The zero-order valence-corrected chi connectivity index (χ0v) is 11.7. The van der Waals surface area contributed by atoms with Gasteiger partial charge in [0.05, 0.1) is 4.91 Å². The van der Waals surface area contributed by atoms with E-state index in [2.05, 4.69) is 0 Å². The predicted molar refractivity (Wildman–Crippen MR) is 79.3 cm³/mol. The zero-order chi connectivity index (χ0) is 14.7. The van der Waals surface area contributed by atoms with Crippen LogP contribution in [0, 0.1) is 0 Å². The van der Waals surface area contributed by atoms with E-state index in [9.17, 15) is 14.4 Å². The van der Waals surface area contributed by atoms with Crippen molar-refractivity contribution < 1.29 is 19.5 Å². The summed E-state index contributed by atoms with van der Waals surface area (Å²) in [5.41, 5.74) is 1.28. The van der Waals surface area contributed by atoms with Crippen molar-refractivity contribution in [1.82, 2.24) is 4.90 Å². The SMILES string of the molecule is O=Cc1ccc(/C=C2\SC(=S)N(CC(=O)O)C2=O)cc1. The molecule has 7 heteroatoms. The molecule has 0 aromatic heterocycles. The van der Waals surface area contributed by atoms with Gasteiger partial charge in [0, 0.05) is 5.56 Å². The van der Waals surface area contributed by atoms with Gasteiger partial charge in [0.2, 0.25) is 0 Å². The first-order valence-corrected chi connectivity index (χ1v) is 6.76. The largest absolute Gasteiger partial charge is 0.480 e. The first-order valence-electron chi connectivity index (χ1n) is 5.53. The van der Waals surface area contributed by atoms with Crippen molar-refractivity contribution in [2.24, 2.45) is 0 Å². The lowest BCUT2D eigenvalue weighted by Crippen LogP contribution is -2.33. The molecule has 1 saturated heterocycles. The topological polar surface area (TPSA) is 74.7 Å². The number of amides is 1. The number of carbonyl (C=O) groups is 3. The molecule has 1 aromatic carbocycles. The number of hydrogen-bond acceptors (Lipinski definition) is 5. The van der Waals surface area contributed by atoms with Gasteiger partial charge in [-0.25, -0.2) is 0 Å². The van der Waals surface area contributed by atoms with Gasteiger partial charge in [-0.3, -0.25) is 19.3 Å². The van der Waals surface area contributed by atoms with Gasteiger partial charge in [-0.1, -0.05) is 48.2 Å². The molecule has 20 heavy (non-hydrogen) atoms. The molecule has 0 saturated carbocycles. The average molecular weight is 307 g/mol. The van der Waals surface area contributed by atoms with Crippen LogP contribution in [0.1, 0.15) is 15.9 Å². The third-order valence-corrected chi connectivity index (χ3v) is 3.92. The first kappa shape index (κ1) is 14.4. The first-order chi connectivity index (χ1) is 9.51. The molecular weight excluding hydrogens is 298 g/mol. The highest BCUT2D eigenvalue weighted by molar-refractivity contribution is 8.26. The maximum absolute atomic E-state index is 12.0. The Labute approximate surface area is 124 Å². The third-order valence-electron chi connectivity index (χ3n) is 2.54. The molecular formula is C13H9NO4S2. The number of aldehydes is 1. The monoisotopic (exact) mass is 307 g/mol. The second kappa shape index (κ2) is 5.98. The highest BCUT2D eigenvalue weighted by Crippen LogP contribution is 2.32. The smallest absolute Gasteiger partial charge is 0.323 e. The molecule has 1 fully saturated rings. The molecule has 0 spiro atoms. The summed E-state index contributed by atoms with van der Waals surface area (Å²) < 4.78 is 0.230. The van der Waals surface area contributed by atoms with E-state index in [0.717, 1.165) is 28.5 Å². The molecule has 1 aromatic rings. The molecule has 0 bridgehead atoms. The number of carboxylic acid groups (broad SMARTS) is 1. The molecule has 0 atom stereocenters. The molecule has 2 rings (SSSR count). The number of carbonyl (C=O) groups excluding carboxylic acids is 2. The molecule has 1 aliphatic heterocycles. The van der Waals surface area contributed by atoms with Crippen LogP contribution in [0.25, 0.3) is 6.08 Å². The van der Waals surface area contributed by atoms with Crippen molar-refractivity contribution in [3.63, 3.8) is 0 Å². The maximum atomic E-state index is 12.0. The van der Waals surface area contributed by atoms with Crippen molar-refractivity contribution in [3.05, 3.63) is 40.3 Å². The second-order valence-corrected chi connectivity index (χ2v) is 5.62. The summed E-state index contributed by atoms with van der Waals surface area (Å²) in [4.78, 5) is 34.6. The van der Waals surface area contributed by atoms with E-state index in [0.29, 0.717) is 10.5 Å². The fraction of sp³-hybridized carbons (Fsp3) is 0.0769. The second-order valence-electron chi connectivity index (χ2n) is 3.95. The summed E-state index contributed by atoms with van der Waals surface area (Å²) in [5, 5.41) is 8.73. The van der Waals surface area contributed by atoms with Gasteiger partial charge in [-0.05, 0) is 11.6 Å². The Morgan fingerprint density at radius 3 is 2.45 bits per heavy atom. The van der Waals surface area contributed by atoms with Crippen molar-refractivity contribution in [3.8, 4) is 0 Å². The number of hydrogen-bond donors (Lipinski definition) is 1. The molecule has 102 valence electrons. The standard InChI is InChI=1S/C13H9NO4S2/c15-7-9-3-1-8(2-4-9)5-10-12(18)14(6-11(16)17)13(19)20-10/h1-5,7H,6H2,(H,16,17)/b10-5-. The molecule has 1 aliphatic rings. The summed E-state index contributed by atoms with van der Waals surface area (Å²) in [6, 6.07) is 6.68. The maximum Gasteiger partial charge on any atom is 0.323 e. The number of nitrogens with zero attached hydrogens (tertiary/aromatic N) is 1. The lowest BCUT2D eigenvalue weighted by atomic mass is 10.1. The normalized spacial score (nSPS) is 16.8. The number of rotatable bonds is 4. The highest BCUT2D eigenvalue weighted by Gasteiger charge is 2.33. The molecule has 5 nitrogen and oxygen atoms in total. The summed E-state index contributed by atoms with van der Waals surface area (Å²) >= 11 is 6.05. The molecule has 0 unspecified atom stereocenters. The lowest BCUT2D eigenvalue weighted by Gasteiger charge is -2.10. The van der Waals surface area contributed by atoms with Gasteiger partial charge < -0.3 is 5.11 Å². The van der Waals surface area contributed by atoms with Gasteiger partial charge in [-0.15, -0.1) is 0 Å². The Hall–Kier alpha value is -1.99. The van der Waals surface area contributed by atoms with Crippen molar-refractivity contribution in [2.75, 3.05) is 6.54 Å². The van der Waals surface area contributed by atoms with Crippen LogP contribution in [0.2, 0.25) is 0 Å². The quantitative estimate of drug-likeness (QED) is 0.519. The average Bonchev–Trinajstić information content (AvgIpc) is 2.67. The summed E-state index contributed by atoms with van der Waals surface area (Å²) in [6.45, 7) is -0.438. The Morgan fingerprint density at radius 1 is 1.30 bits per heavy atom. The van der Waals surface area contributed by atoms with E-state index in [4.69, 9.17) is 17.3 Å². The predicted octanol–water partition coefficient (Wildman–Crippen LogP) is 1.78. The summed E-state index contributed by atoms with van der Waals surface area (Å²) in [6.07, 6.45) is 2.35. The minimum Gasteiger partial charge on any atom is -0.480 e. The molecule has 1 N–H and O–H groups in total. The van der Waals surface area contributed by atoms with Gasteiger partial charge in [0.25, 0.3) is 5.91 Å².